The van der Waals surface area contributed by atoms with Gasteiger partial charge in [-0.1, -0.05) is 30.8 Å². The topological polar surface area (TPSA) is 68.8 Å². The molecular weight excluding hydrogens is 290 g/mol. The van der Waals surface area contributed by atoms with Gasteiger partial charge < -0.3 is 9.84 Å². The van der Waals surface area contributed by atoms with Crippen molar-refractivity contribution in [3.8, 4) is 0 Å². The molecule has 3 rings (SSSR count). The van der Waals surface area contributed by atoms with Crippen LogP contribution in [0.1, 0.15) is 62.7 Å². The average Bonchev–Trinajstić information content (AvgIpc) is 3.12. The average molecular weight is 317 g/mol. The number of hydrogen-bond donors (Lipinski definition) is 1. The molecule has 1 aliphatic rings. The van der Waals surface area contributed by atoms with Crippen molar-refractivity contribution in [2.45, 2.75) is 70.9 Å². The van der Waals surface area contributed by atoms with Crippen LogP contribution in [0.2, 0.25) is 0 Å². The van der Waals surface area contributed by atoms with Crippen LogP contribution in [0.15, 0.2) is 16.9 Å². The molecule has 1 aliphatic carbocycles. The summed E-state index contributed by atoms with van der Waals surface area (Å²) in [4.78, 5) is 4.53. The zero-order valence-electron chi connectivity index (χ0n) is 14.2. The fraction of sp³-hybridized carbons (Fsp3) is 0.706. The monoisotopic (exact) mass is 317 g/mol. The molecule has 1 saturated carbocycles. The van der Waals surface area contributed by atoms with Crippen molar-refractivity contribution in [3.63, 3.8) is 0 Å². The molecule has 1 fully saturated rings. The first-order valence-corrected chi connectivity index (χ1v) is 8.79. The Morgan fingerprint density at radius 3 is 2.65 bits per heavy atom. The molecule has 2 aromatic rings. The summed E-state index contributed by atoms with van der Waals surface area (Å²) in [5.41, 5.74) is 1.14. The molecule has 1 N–H and O–H groups in total. The van der Waals surface area contributed by atoms with Gasteiger partial charge in [-0.25, -0.2) is 0 Å². The third-order valence-electron chi connectivity index (χ3n) is 4.80. The standard InChI is InChI=1S/C17H27N5O/c1-3-22-13-15(12-19-22)8-11-18-17(9-6-4-5-7-10-17)16-20-14(2)23-21-16/h12-13,18H,3-11H2,1-2H3. The lowest BCUT2D eigenvalue weighted by Gasteiger charge is -2.31. The molecule has 0 bridgehead atoms. The molecule has 0 radical (unpaired) electrons. The molecule has 0 aromatic carbocycles. The van der Waals surface area contributed by atoms with E-state index < -0.39 is 0 Å². The van der Waals surface area contributed by atoms with E-state index in [4.69, 9.17) is 4.52 Å². The highest BCUT2D eigenvalue weighted by Crippen LogP contribution is 2.34. The highest BCUT2D eigenvalue weighted by atomic mass is 16.5. The zero-order valence-corrected chi connectivity index (χ0v) is 14.2. The number of nitrogens with one attached hydrogen (secondary N) is 1. The number of nitrogens with zero attached hydrogens (tertiary/aromatic N) is 4. The lowest BCUT2D eigenvalue weighted by Crippen LogP contribution is -2.44. The minimum absolute atomic E-state index is 0.130. The summed E-state index contributed by atoms with van der Waals surface area (Å²) in [6, 6.07) is 0. The summed E-state index contributed by atoms with van der Waals surface area (Å²) in [6.45, 7) is 5.79. The van der Waals surface area contributed by atoms with E-state index in [1.807, 2.05) is 17.8 Å². The van der Waals surface area contributed by atoms with Crippen LogP contribution in [0.4, 0.5) is 0 Å². The lowest BCUT2D eigenvalue weighted by molar-refractivity contribution is 0.262. The van der Waals surface area contributed by atoms with Gasteiger partial charge in [-0.3, -0.25) is 4.68 Å². The van der Waals surface area contributed by atoms with Crippen LogP contribution in [0, 0.1) is 6.92 Å². The van der Waals surface area contributed by atoms with Crippen molar-refractivity contribution in [2.75, 3.05) is 6.54 Å². The predicted octanol–water partition coefficient (Wildman–Crippen LogP) is 2.98. The highest BCUT2D eigenvalue weighted by Gasteiger charge is 2.36. The van der Waals surface area contributed by atoms with E-state index in [1.165, 1.54) is 31.2 Å². The minimum atomic E-state index is -0.130. The molecule has 2 aromatic heterocycles. The van der Waals surface area contributed by atoms with E-state index in [-0.39, 0.29) is 5.54 Å². The maximum absolute atomic E-state index is 5.25. The zero-order chi connectivity index (χ0) is 16.1. The molecule has 0 aliphatic heterocycles. The van der Waals surface area contributed by atoms with E-state index in [0.717, 1.165) is 38.2 Å². The quantitative estimate of drug-likeness (QED) is 0.830. The molecule has 23 heavy (non-hydrogen) atoms. The second-order valence-electron chi connectivity index (χ2n) is 6.51. The Morgan fingerprint density at radius 2 is 2.04 bits per heavy atom. The van der Waals surface area contributed by atoms with Gasteiger partial charge in [0.25, 0.3) is 0 Å². The summed E-state index contributed by atoms with van der Waals surface area (Å²) in [6.07, 6.45) is 12.2. The van der Waals surface area contributed by atoms with Crippen LogP contribution >= 0.6 is 0 Å². The van der Waals surface area contributed by atoms with Crippen molar-refractivity contribution in [3.05, 3.63) is 29.7 Å². The van der Waals surface area contributed by atoms with Crippen molar-refractivity contribution in [2.24, 2.45) is 0 Å². The molecule has 2 heterocycles. The van der Waals surface area contributed by atoms with Crippen LogP contribution in [-0.2, 0) is 18.5 Å². The molecular formula is C17H27N5O. The first kappa shape index (κ1) is 16.2. The first-order chi connectivity index (χ1) is 11.2. The van der Waals surface area contributed by atoms with Gasteiger partial charge in [0.05, 0.1) is 11.7 Å². The Balaban J connectivity index is 1.68. The molecule has 0 atom stereocenters. The summed E-state index contributed by atoms with van der Waals surface area (Å²) in [5.74, 6) is 1.48. The van der Waals surface area contributed by atoms with Crippen molar-refractivity contribution >= 4 is 0 Å². The van der Waals surface area contributed by atoms with Crippen LogP contribution in [0.5, 0.6) is 0 Å². The van der Waals surface area contributed by atoms with Gasteiger partial charge in [-0.05, 0) is 31.7 Å². The van der Waals surface area contributed by atoms with E-state index in [2.05, 4.69) is 33.7 Å². The largest absolute Gasteiger partial charge is 0.340 e. The summed E-state index contributed by atoms with van der Waals surface area (Å²) in [5, 5.41) is 12.3. The lowest BCUT2D eigenvalue weighted by atomic mass is 9.89. The third-order valence-corrected chi connectivity index (χ3v) is 4.80. The van der Waals surface area contributed by atoms with E-state index in [0.29, 0.717) is 5.89 Å². The summed E-state index contributed by atoms with van der Waals surface area (Å²) < 4.78 is 7.22. The fourth-order valence-corrected chi connectivity index (χ4v) is 3.46. The second kappa shape index (κ2) is 7.25. The predicted molar refractivity (Wildman–Crippen MR) is 88.0 cm³/mol. The number of hydrogen-bond acceptors (Lipinski definition) is 5. The van der Waals surface area contributed by atoms with Crippen LogP contribution in [-0.4, -0.2) is 26.5 Å². The van der Waals surface area contributed by atoms with Gasteiger partial charge in [0, 0.05) is 26.2 Å². The van der Waals surface area contributed by atoms with Crippen molar-refractivity contribution < 1.29 is 4.52 Å². The van der Waals surface area contributed by atoms with Gasteiger partial charge in [0.15, 0.2) is 5.82 Å². The summed E-state index contributed by atoms with van der Waals surface area (Å²) in [7, 11) is 0. The third kappa shape index (κ3) is 3.80. The fourth-order valence-electron chi connectivity index (χ4n) is 3.46. The van der Waals surface area contributed by atoms with Gasteiger partial charge in [-0.15, -0.1) is 0 Å². The Kier molecular flexibility index (Phi) is 5.10. The number of rotatable bonds is 6. The molecule has 0 unspecified atom stereocenters. The van der Waals surface area contributed by atoms with Crippen molar-refractivity contribution in [1.29, 1.82) is 0 Å². The van der Waals surface area contributed by atoms with Crippen LogP contribution in [0.25, 0.3) is 0 Å². The smallest absolute Gasteiger partial charge is 0.223 e. The van der Waals surface area contributed by atoms with Crippen molar-refractivity contribution in [1.82, 2.24) is 25.2 Å². The molecule has 6 heteroatoms. The van der Waals surface area contributed by atoms with E-state index in [9.17, 15) is 0 Å². The van der Waals surface area contributed by atoms with Crippen LogP contribution < -0.4 is 5.32 Å². The van der Waals surface area contributed by atoms with Gasteiger partial charge in [0.1, 0.15) is 0 Å². The Bertz CT molecular complexity index is 610. The Morgan fingerprint density at radius 1 is 1.26 bits per heavy atom. The highest BCUT2D eigenvalue weighted by molar-refractivity contribution is 5.08. The number of aryl methyl sites for hydroxylation is 2. The van der Waals surface area contributed by atoms with Gasteiger partial charge >= 0.3 is 0 Å². The van der Waals surface area contributed by atoms with Gasteiger partial charge in [-0.2, -0.15) is 10.1 Å². The second-order valence-corrected chi connectivity index (χ2v) is 6.51. The number of aromatic nitrogens is 4. The maximum atomic E-state index is 5.25. The molecule has 6 nitrogen and oxygen atoms in total. The maximum Gasteiger partial charge on any atom is 0.223 e. The van der Waals surface area contributed by atoms with E-state index in [1.54, 1.807) is 0 Å². The SMILES string of the molecule is CCn1cc(CCNC2(c3noc(C)n3)CCCCCC2)cn1. The van der Waals surface area contributed by atoms with Crippen LogP contribution in [0.3, 0.4) is 0 Å². The normalized spacial score (nSPS) is 18.0. The van der Waals surface area contributed by atoms with Gasteiger partial charge in [0.2, 0.25) is 5.89 Å². The minimum Gasteiger partial charge on any atom is -0.340 e. The van der Waals surface area contributed by atoms with E-state index >= 15 is 0 Å². The molecule has 0 saturated heterocycles. The molecule has 0 amide bonds. The molecule has 126 valence electrons. The molecule has 0 spiro atoms. The summed E-state index contributed by atoms with van der Waals surface area (Å²) >= 11 is 0. The first-order valence-electron chi connectivity index (χ1n) is 8.79. The Hall–Kier alpha value is -1.69. The Labute approximate surface area is 137 Å².